The Balaban J connectivity index is 2.04. The molecule has 3 aliphatic heterocycles. The van der Waals surface area contributed by atoms with Crippen molar-refractivity contribution in [2.45, 2.75) is 42.7 Å². The molecule has 0 spiro atoms. The molecular formula is C11H17NOS. The zero-order valence-corrected chi connectivity index (χ0v) is 9.80. The van der Waals surface area contributed by atoms with Gasteiger partial charge in [-0.2, -0.15) is 11.8 Å². The monoisotopic (exact) mass is 211 g/mol. The van der Waals surface area contributed by atoms with Crippen molar-refractivity contribution in [1.82, 2.24) is 4.90 Å². The van der Waals surface area contributed by atoms with Crippen LogP contribution in [0, 0.1) is 11.8 Å². The summed E-state index contributed by atoms with van der Waals surface area (Å²) in [6.45, 7) is 4.47. The van der Waals surface area contributed by atoms with E-state index in [2.05, 4.69) is 25.6 Å². The first-order chi connectivity index (χ1) is 6.53. The van der Waals surface area contributed by atoms with Gasteiger partial charge in [0, 0.05) is 29.0 Å². The van der Waals surface area contributed by atoms with E-state index in [-0.39, 0.29) is 5.54 Å². The summed E-state index contributed by atoms with van der Waals surface area (Å²) in [7, 11) is 1.98. The molecule has 1 amide bonds. The van der Waals surface area contributed by atoms with Crippen LogP contribution < -0.4 is 0 Å². The third-order valence-electron chi connectivity index (χ3n) is 4.57. The first-order valence-electron chi connectivity index (χ1n) is 5.46. The van der Waals surface area contributed by atoms with Crippen LogP contribution in [0.1, 0.15) is 26.7 Å². The third-order valence-corrected chi connectivity index (χ3v) is 6.33. The molecule has 0 radical (unpaired) electrons. The predicted octanol–water partition coefficient (Wildman–Crippen LogP) is 1.75. The van der Waals surface area contributed by atoms with Gasteiger partial charge in [-0.05, 0) is 26.7 Å². The molecule has 0 aromatic rings. The molecule has 4 unspecified atom stereocenters. The maximum Gasteiger partial charge on any atom is 0.227 e. The molecule has 0 aromatic carbocycles. The fourth-order valence-corrected chi connectivity index (χ4v) is 5.74. The molecule has 2 bridgehead atoms. The second-order valence-electron chi connectivity index (χ2n) is 5.39. The van der Waals surface area contributed by atoms with Gasteiger partial charge in [-0.15, -0.1) is 0 Å². The van der Waals surface area contributed by atoms with E-state index in [1.165, 1.54) is 12.8 Å². The van der Waals surface area contributed by atoms with Crippen molar-refractivity contribution in [1.29, 1.82) is 0 Å². The largest absolute Gasteiger partial charge is 0.340 e. The molecule has 14 heavy (non-hydrogen) atoms. The molecule has 0 N–H and O–H groups in total. The number of thioether (sulfide) groups is 1. The van der Waals surface area contributed by atoms with Crippen LogP contribution in [0.5, 0.6) is 0 Å². The van der Waals surface area contributed by atoms with Gasteiger partial charge in [0.2, 0.25) is 5.91 Å². The summed E-state index contributed by atoms with van der Waals surface area (Å²) < 4.78 is 0. The number of hydrogen-bond acceptors (Lipinski definition) is 2. The SMILES string of the molecule is CN1C(=O)C2C3CCC(S3)C2C1(C)C. The first kappa shape index (κ1) is 9.08. The van der Waals surface area contributed by atoms with Crippen LogP contribution in [0.15, 0.2) is 0 Å². The fourth-order valence-electron chi connectivity index (χ4n) is 3.62. The van der Waals surface area contributed by atoms with Gasteiger partial charge in [0.25, 0.3) is 0 Å². The smallest absolute Gasteiger partial charge is 0.227 e. The van der Waals surface area contributed by atoms with E-state index in [0.29, 0.717) is 23.0 Å². The lowest BCUT2D eigenvalue weighted by Gasteiger charge is -2.35. The van der Waals surface area contributed by atoms with Gasteiger partial charge in [0.15, 0.2) is 0 Å². The molecule has 3 heteroatoms. The predicted molar refractivity (Wildman–Crippen MR) is 58.2 cm³/mol. The topological polar surface area (TPSA) is 20.3 Å². The summed E-state index contributed by atoms with van der Waals surface area (Å²) in [4.78, 5) is 14.1. The molecule has 3 rings (SSSR count). The van der Waals surface area contributed by atoms with E-state index in [1.807, 2.05) is 11.9 Å². The second kappa shape index (κ2) is 2.49. The maximum atomic E-state index is 12.1. The average molecular weight is 211 g/mol. The van der Waals surface area contributed by atoms with Crippen molar-refractivity contribution in [3.8, 4) is 0 Å². The Bertz CT molecular complexity index is 302. The molecule has 3 heterocycles. The molecule has 0 aromatic heterocycles. The number of hydrogen-bond donors (Lipinski definition) is 0. The van der Waals surface area contributed by atoms with Gasteiger partial charge in [0.1, 0.15) is 0 Å². The van der Waals surface area contributed by atoms with Crippen molar-refractivity contribution in [2.75, 3.05) is 7.05 Å². The number of carbonyl (C=O) groups is 1. The number of likely N-dealkylation sites (tertiary alicyclic amines) is 1. The first-order valence-corrected chi connectivity index (χ1v) is 6.41. The Labute approximate surface area is 89.4 Å². The molecule has 2 nitrogen and oxygen atoms in total. The van der Waals surface area contributed by atoms with Gasteiger partial charge in [-0.25, -0.2) is 0 Å². The summed E-state index contributed by atoms with van der Waals surface area (Å²) >= 11 is 2.08. The van der Waals surface area contributed by atoms with E-state index in [4.69, 9.17) is 0 Å². The van der Waals surface area contributed by atoms with Crippen molar-refractivity contribution in [3.63, 3.8) is 0 Å². The Morgan fingerprint density at radius 3 is 2.64 bits per heavy atom. The molecule has 0 saturated carbocycles. The lowest BCUT2D eigenvalue weighted by Crippen LogP contribution is -2.44. The minimum Gasteiger partial charge on any atom is -0.340 e. The maximum absolute atomic E-state index is 12.1. The molecular weight excluding hydrogens is 194 g/mol. The number of nitrogens with zero attached hydrogens (tertiary/aromatic N) is 1. The van der Waals surface area contributed by atoms with Gasteiger partial charge >= 0.3 is 0 Å². The van der Waals surface area contributed by atoms with Crippen molar-refractivity contribution >= 4 is 17.7 Å². The highest BCUT2D eigenvalue weighted by Gasteiger charge is 2.63. The summed E-state index contributed by atoms with van der Waals surface area (Å²) in [5, 5.41) is 1.40. The van der Waals surface area contributed by atoms with E-state index >= 15 is 0 Å². The van der Waals surface area contributed by atoms with Gasteiger partial charge in [-0.1, -0.05) is 0 Å². The van der Waals surface area contributed by atoms with Crippen molar-refractivity contribution in [3.05, 3.63) is 0 Å². The normalized spacial score (nSPS) is 48.8. The van der Waals surface area contributed by atoms with Crippen molar-refractivity contribution < 1.29 is 4.79 Å². The van der Waals surface area contributed by atoms with Crippen LogP contribution >= 0.6 is 11.8 Å². The minimum absolute atomic E-state index is 0.0919. The van der Waals surface area contributed by atoms with Crippen LogP contribution in [0.3, 0.4) is 0 Å². The summed E-state index contributed by atoms with van der Waals surface area (Å²) in [5.74, 6) is 1.36. The fraction of sp³-hybridized carbons (Fsp3) is 0.909. The number of carbonyl (C=O) groups excluding carboxylic acids is 1. The Morgan fingerprint density at radius 2 is 2.00 bits per heavy atom. The van der Waals surface area contributed by atoms with Gasteiger partial charge in [0.05, 0.1) is 5.92 Å². The Hall–Kier alpha value is -0.180. The summed E-state index contributed by atoms with van der Waals surface area (Å²) in [5.41, 5.74) is 0.0919. The zero-order valence-electron chi connectivity index (χ0n) is 8.99. The molecule has 4 atom stereocenters. The van der Waals surface area contributed by atoms with E-state index in [0.717, 1.165) is 5.25 Å². The van der Waals surface area contributed by atoms with Gasteiger partial charge in [-0.3, -0.25) is 4.79 Å². The Morgan fingerprint density at radius 1 is 1.36 bits per heavy atom. The molecule has 3 fully saturated rings. The van der Waals surface area contributed by atoms with Crippen LogP contribution in [0.25, 0.3) is 0 Å². The van der Waals surface area contributed by atoms with Gasteiger partial charge < -0.3 is 4.90 Å². The molecule has 3 aliphatic rings. The van der Waals surface area contributed by atoms with Crippen LogP contribution in [-0.2, 0) is 4.79 Å². The van der Waals surface area contributed by atoms with Crippen LogP contribution in [0.2, 0.25) is 0 Å². The highest BCUT2D eigenvalue weighted by atomic mass is 32.2. The number of fused-ring (bicyclic) bond motifs is 5. The molecule has 3 saturated heterocycles. The zero-order chi connectivity index (χ0) is 10.1. The minimum atomic E-state index is 0.0919. The third kappa shape index (κ3) is 0.830. The standard InChI is InChI=1S/C11H17NOS/c1-11(2)9-7-5-4-6(14-7)8(9)10(13)12(11)3/h6-9H,4-5H2,1-3H3. The Kier molecular flexibility index (Phi) is 1.61. The lowest BCUT2D eigenvalue weighted by atomic mass is 9.73. The summed E-state index contributed by atoms with van der Waals surface area (Å²) in [6.07, 6.45) is 2.60. The summed E-state index contributed by atoms with van der Waals surface area (Å²) in [6, 6.07) is 0. The highest BCUT2D eigenvalue weighted by molar-refractivity contribution is 8.01. The average Bonchev–Trinajstić information content (AvgIpc) is 2.76. The van der Waals surface area contributed by atoms with E-state index in [1.54, 1.807) is 0 Å². The van der Waals surface area contributed by atoms with E-state index in [9.17, 15) is 4.79 Å². The number of rotatable bonds is 0. The highest BCUT2D eigenvalue weighted by Crippen LogP contribution is 2.60. The molecule has 78 valence electrons. The second-order valence-corrected chi connectivity index (χ2v) is 6.88. The van der Waals surface area contributed by atoms with Crippen LogP contribution in [-0.4, -0.2) is 33.9 Å². The number of amides is 1. The quantitative estimate of drug-likeness (QED) is 0.608. The van der Waals surface area contributed by atoms with E-state index < -0.39 is 0 Å². The van der Waals surface area contributed by atoms with Crippen LogP contribution in [0.4, 0.5) is 0 Å². The lowest BCUT2D eigenvalue weighted by molar-refractivity contribution is -0.131. The van der Waals surface area contributed by atoms with Crippen molar-refractivity contribution in [2.24, 2.45) is 11.8 Å². The molecule has 0 aliphatic carbocycles.